The zero-order valence-electron chi connectivity index (χ0n) is 15.7. The number of carboxylic acids is 1. The lowest BCUT2D eigenvalue weighted by atomic mass is 10.2. The topological polar surface area (TPSA) is 49.3 Å². The predicted octanol–water partition coefficient (Wildman–Crippen LogP) is 5.58. The molecule has 0 aromatic carbocycles. The Kier molecular flexibility index (Phi) is 18.7. The van der Waals surface area contributed by atoms with Gasteiger partial charge in [-0.3, -0.25) is 4.79 Å². The summed E-state index contributed by atoms with van der Waals surface area (Å²) in [4.78, 5) is 10.3. The van der Waals surface area contributed by atoms with Gasteiger partial charge < -0.3 is 10.4 Å². The summed E-state index contributed by atoms with van der Waals surface area (Å²) in [5.74, 6) is -0.794. The van der Waals surface area contributed by atoms with Gasteiger partial charge in [-0.05, 0) is 57.9 Å². The molecule has 0 aliphatic rings. The smallest absolute Gasteiger partial charge is 0.317 e. The minimum absolute atomic E-state index is 0.0572. The van der Waals surface area contributed by atoms with Crippen LogP contribution in [0.1, 0.15) is 58.3 Å². The molecule has 0 rings (SSSR count). The summed E-state index contributed by atoms with van der Waals surface area (Å²) in [5.41, 5.74) is 0. The first-order valence-corrected chi connectivity index (χ1v) is 9.44. The number of rotatable bonds is 16. The number of allylic oxidation sites excluding steroid dienone is 10. The van der Waals surface area contributed by atoms with E-state index in [1.54, 1.807) is 0 Å². The fourth-order valence-electron chi connectivity index (χ4n) is 2.08. The summed E-state index contributed by atoms with van der Waals surface area (Å²) in [6.45, 7) is 2.98. The van der Waals surface area contributed by atoms with Crippen LogP contribution in [0.2, 0.25) is 0 Å². The molecule has 0 unspecified atom stereocenters. The average Bonchev–Trinajstić information content (AvgIpc) is 2.60. The summed E-state index contributed by atoms with van der Waals surface area (Å²) >= 11 is 0. The van der Waals surface area contributed by atoms with Crippen molar-refractivity contribution in [2.45, 2.75) is 58.3 Å². The first kappa shape index (κ1) is 23.1. The summed E-state index contributed by atoms with van der Waals surface area (Å²) < 4.78 is 0. The average molecular weight is 346 g/mol. The molecule has 0 aromatic heterocycles. The van der Waals surface area contributed by atoms with Crippen LogP contribution in [0, 0.1) is 0 Å². The van der Waals surface area contributed by atoms with Crippen molar-refractivity contribution < 1.29 is 9.90 Å². The monoisotopic (exact) mass is 345 g/mol. The quantitative estimate of drug-likeness (QED) is 0.283. The SMILES string of the molecule is CC/C=C\C/C=C\C/C=C\C/C=C\C/C=C\CCCCNCC(=O)O. The summed E-state index contributed by atoms with van der Waals surface area (Å²) in [5, 5.41) is 11.4. The number of unbranched alkanes of at least 4 members (excludes halogenated alkanes) is 2. The van der Waals surface area contributed by atoms with E-state index in [-0.39, 0.29) is 6.54 Å². The third-order valence-electron chi connectivity index (χ3n) is 3.41. The molecular weight excluding hydrogens is 310 g/mol. The third-order valence-corrected chi connectivity index (χ3v) is 3.41. The first-order chi connectivity index (χ1) is 12.3. The van der Waals surface area contributed by atoms with Crippen LogP contribution in [0.3, 0.4) is 0 Å². The summed E-state index contributed by atoms with van der Waals surface area (Å²) in [6, 6.07) is 0. The van der Waals surface area contributed by atoms with Gasteiger partial charge in [-0.2, -0.15) is 0 Å². The van der Waals surface area contributed by atoms with Gasteiger partial charge in [0.15, 0.2) is 0 Å². The van der Waals surface area contributed by atoms with Gasteiger partial charge in [-0.1, -0.05) is 67.7 Å². The highest BCUT2D eigenvalue weighted by atomic mass is 16.4. The number of carbonyl (C=O) groups is 1. The minimum atomic E-state index is -0.794. The maximum absolute atomic E-state index is 10.3. The van der Waals surface area contributed by atoms with Crippen molar-refractivity contribution >= 4 is 5.97 Å². The van der Waals surface area contributed by atoms with Gasteiger partial charge in [-0.15, -0.1) is 0 Å². The second-order valence-corrected chi connectivity index (χ2v) is 5.77. The molecule has 0 fully saturated rings. The number of carboxylic acid groups (broad SMARTS) is 1. The molecule has 0 radical (unpaired) electrons. The second-order valence-electron chi connectivity index (χ2n) is 5.77. The van der Waals surface area contributed by atoms with Crippen LogP contribution in [0.15, 0.2) is 60.8 Å². The molecule has 0 atom stereocenters. The van der Waals surface area contributed by atoms with E-state index in [2.05, 4.69) is 73.0 Å². The lowest BCUT2D eigenvalue weighted by molar-refractivity contribution is -0.135. The molecule has 0 saturated heterocycles. The van der Waals surface area contributed by atoms with Crippen molar-refractivity contribution in [1.82, 2.24) is 5.32 Å². The molecule has 0 amide bonds. The van der Waals surface area contributed by atoms with Crippen LogP contribution in [0.4, 0.5) is 0 Å². The van der Waals surface area contributed by atoms with Gasteiger partial charge in [0.1, 0.15) is 0 Å². The number of nitrogens with one attached hydrogen (secondary N) is 1. The van der Waals surface area contributed by atoms with Crippen molar-refractivity contribution in [3.63, 3.8) is 0 Å². The molecule has 0 aliphatic heterocycles. The third kappa shape index (κ3) is 22.1. The molecule has 3 heteroatoms. The highest BCUT2D eigenvalue weighted by Crippen LogP contribution is 1.98. The Balaban J connectivity index is 3.40. The van der Waals surface area contributed by atoms with Crippen LogP contribution < -0.4 is 5.32 Å². The van der Waals surface area contributed by atoms with Gasteiger partial charge in [0.05, 0.1) is 6.54 Å². The molecular formula is C22H35NO2. The largest absolute Gasteiger partial charge is 0.480 e. The Bertz CT molecular complexity index is 445. The lowest BCUT2D eigenvalue weighted by Crippen LogP contribution is -2.23. The molecule has 0 aromatic rings. The van der Waals surface area contributed by atoms with Gasteiger partial charge in [0.2, 0.25) is 0 Å². The predicted molar refractivity (Wildman–Crippen MR) is 109 cm³/mol. The Hall–Kier alpha value is -1.87. The summed E-state index contributed by atoms with van der Waals surface area (Å²) in [6.07, 6.45) is 30.3. The first-order valence-electron chi connectivity index (χ1n) is 9.44. The maximum atomic E-state index is 10.3. The molecule has 0 aliphatic carbocycles. The Morgan fingerprint density at radius 2 is 1.24 bits per heavy atom. The molecule has 25 heavy (non-hydrogen) atoms. The Labute approximate surface area is 153 Å². The molecule has 0 saturated carbocycles. The van der Waals surface area contributed by atoms with Crippen molar-refractivity contribution in [2.24, 2.45) is 0 Å². The van der Waals surface area contributed by atoms with Crippen molar-refractivity contribution in [2.75, 3.05) is 13.1 Å². The van der Waals surface area contributed by atoms with Crippen molar-refractivity contribution in [3.05, 3.63) is 60.8 Å². The number of aliphatic carboxylic acids is 1. The van der Waals surface area contributed by atoms with Gasteiger partial charge in [0, 0.05) is 0 Å². The van der Waals surface area contributed by atoms with E-state index >= 15 is 0 Å². The van der Waals surface area contributed by atoms with E-state index in [4.69, 9.17) is 5.11 Å². The van der Waals surface area contributed by atoms with E-state index in [1.807, 2.05) is 0 Å². The molecule has 0 bridgehead atoms. The molecule has 3 nitrogen and oxygen atoms in total. The van der Waals surface area contributed by atoms with E-state index in [9.17, 15) is 4.79 Å². The molecule has 2 N–H and O–H groups in total. The Morgan fingerprint density at radius 3 is 1.72 bits per heavy atom. The van der Waals surface area contributed by atoms with Gasteiger partial charge >= 0.3 is 5.97 Å². The number of hydrogen-bond acceptors (Lipinski definition) is 2. The number of hydrogen-bond donors (Lipinski definition) is 2. The van der Waals surface area contributed by atoms with Crippen LogP contribution in [-0.4, -0.2) is 24.2 Å². The summed E-state index contributed by atoms with van der Waals surface area (Å²) in [7, 11) is 0. The lowest BCUT2D eigenvalue weighted by Gasteiger charge is -1.99. The fourth-order valence-corrected chi connectivity index (χ4v) is 2.08. The highest BCUT2D eigenvalue weighted by Gasteiger charge is 1.93. The Morgan fingerprint density at radius 1 is 0.760 bits per heavy atom. The molecule has 0 heterocycles. The van der Waals surface area contributed by atoms with E-state index in [1.165, 1.54) is 0 Å². The standard InChI is InChI=1S/C22H35NO2/c1-2-3-4-5-6-7-8-9-10-11-12-13-14-15-16-17-18-19-20-23-21-22(24)25/h3-4,6-7,9-10,12-13,15-16,23H,2,5,8,11,14,17-21H2,1H3,(H,24,25)/b4-3-,7-6-,10-9-,13-12-,16-15-. The van der Waals surface area contributed by atoms with Crippen LogP contribution in [-0.2, 0) is 4.79 Å². The van der Waals surface area contributed by atoms with Crippen LogP contribution in [0.25, 0.3) is 0 Å². The maximum Gasteiger partial charge on any atom is 0.317 e. The highest BCUT2D eigenvalue weighted by molar-refractivity contribution is 5.68. The van der Waals surface area contributed by atoms with Crippen LogP contribution >= 0.6 is 0 Å². The zero-order chi connectivity index (χ0) is 18.4. The van der Waals surface area contributed by atoms with Gasteiger partial charge in [0.25, 0.3) is 0 Å². The second kappa shape index (κ2) is 20.2. The normalized spacial score (nSPS) is 12.7. The molecule has 140 valence electrons. The van der Waals surface area contributed by atoms with Crippen molar-refractivity contribution in [1.29, 1.82) is 0 Å². The van der Waals surface area contributed by atoms with E-state index in [0.717, 1.165) is 57.9 Å². The van der Waals surface area contributed by atoms with Crippen LogP contribution in [0.5, 0.6) is 0 Å². The van der Waals surface area contributed by atoms with Gasteiger partial charge in [-0.25, -0.2) is 0 Å². The zero-order valence-corrected chi connectivity index (χ0v) is 15.7. The van der Waals surface area contributed by atoms with E-state index < -0.39 is 5.97 Å². The van der Waals surface area contributed by atoms with Crippen molar-refractivity contribution in [3.8, 4) is 0 Å². The molecule has 0 spiro atoms. The van der Waals surface area contributed by atoms with E-state index in [0.29, 0.717) is 0 Å². The fraction of sp³-hybridized carbons (Fsp3) is 0.500. The minimum Gasteiger partial charge on any atom is -0.480 e.